The van der Waals surface area contributed by atoms with Crippen molar-refractivity contribution in [3.8, 4) is 11.1 Å². The molecule has 1 heterocycles. The second-order valence-corrected chi connectivity index (χ2v) is 42.4. The Bertz CT molecular complexity index is 5580. The Kier molecular flexibility index (Phi) is 38.1. The summed E-state index contributed by atoms with van der Waals surface area (Å²) in [6, 6.07) is 23.1. The van der Waals surface area contributed by atoms with Gasteiger partial charge >= 0.3 is 29.8 Å². The van der Waals surface area contributed by atoms with Gasteiger partial charge in [-0.3, -0.25) is 23.4 Å². The monoisotopic (exact) mass is 1920 g/mol. The van der Waals surface area contributed by atoms with E-state index in [0.29, 0.717) is 111 Å². The summed E-state index contributed by atoms with van der Waals surface area (Å²) in [5, 5.41) is 11.2. The smallest absolute Gasteiger partial charge is 0.339 e. The molecular formula is C92H125BrClF2N5O23S3. The van der Waals surface area contributed by atoms with Crippen molar-refractivity contribution in [3.63, 3.8) is 0 Å². The number of ether oxygens (including phenoxy) is 10. The number of nitro benzene ring substituents is 1. The number of esters is 5. The predicted molar refractivity (Wildman–Crippen MR) is 494 cm³/mol. The van der Waals surface area contributed by atoms with Gasteiger partial charge < -0.3 is 53.1 Å². The highest BCUT2D eigenvalue weighted by Crippen LogP contribution is 2.49. The van der Waals surface area contributed by atoms with E-state index in [1.165, 1.54) is 58.1 Å². The number of aryl methyl sites for hydroxylation is 5. The van der Waals surface area contributed by atoms with Gasteiger partial charge in [-0.1, -0.05) is 66.2 Å². The van der Waals surface area contributed by atoms with Gasteiger partial charge in [-0.25, -0.2) is 58.0 Å². The molecule has 7 aromatic carbocycles. The lowest BCUT2D eigenvalue weighted by molar-refractivity contribution is -0.386. The average Bonchev–Trinajstić information content (AvgIpc) is 0.723. The van der Waals surface area contributed by atoms with Gasteiger partial charge in [0.25, 0.3) is 5.69 Å². The number of anilines is 4. The van der Waals surface area contributed by atoms with Crippen molar-refractivity contribution >= 4 is 116 Å². The maximum absolute atomic E-state index is 14.9. The lowest BCUT2D eigenvalue weighted by atomic mass is 9.85. The molecule has 8 rings (SSSR count). The van der Waals surface area contributed by atoms with Crippen LogP contribution in [0.3, 0.4) is 0 Å². The minimum atomic E-state index is -3.79. The van der Waals surface area contributed by atoms with E-state index >= 15 is 0 Å². The SMILES string of the molecule is COC(=O)[C@@H](OC(C)(C)C)c1cc(C)c(Br)c([N+](=O)[O-])c1C.COC(=O)[C@@H](OC(C)(C)C)c1cc(C)c2c(c1C)N(S(C)(=O)=O)Cc1cccc(F)c1-2.COC(=O)[C@@H](OC(C)(C)C)c1cc(C)cc(N(Cc2cccc(F)c2Cl)S(C)(=O)=O)c1C.COC(=O)[C@@H](OC(C)(C)C)c1cc(C)cc(N)c1C.COC(=O)[C@@H](OC(C)(C)C)c1cc(C)cc(NS(C)(=O)=O)c1C. The Balaban J connectivity index is 0.000000337. The molecule has 1 aliphatic heterocycles. The normalized spacial score (nSPS) is 13.5. The predicted octanol–water partition coefficient (Wildman–Crippen LogP) is 19.1. The van der Waals surface area contributed by atoms with Gasteiger partial charge in [-0.15, -0.1) is 0 Å². The zero-order valence-corrected chi connectivity index (χ0v) is 83.7. The van der Waals surface area contributed by atoms with Gasteiger partial charge in [-0.05, 0) is 303 Å². The number of methoxy groups -OCH3 is 5. The lowest BCUT2D eigenvalue weighted by Gasteiger charge is -2.36. The van der Waals surface area contributed by atoms with E-state index in [2.05, 4.69) is 20.7 Å². The van der Waals surface area contributed by atoms with Crippen LogP contribution in [0.1, 0.15) is 229 Å². The van der Waals surface area contributed by atoms with Crippen LogP contribution in [-0.2, 0) is 115 Å². The van der Waals surface area contributed by atoms with Crippen molar-refractivity contribution < 1.29 is 110 Å². The number of hydrogen-bond acceptors (Lipinski definition) is 24. The minimum Gasteiger partial charge on any atom is -0.467 e. The zero-order valence-electron chi connectivity index (χ0n) is 78.9. The molecule has 28 nitrogen and oxygen atoms in total. The van der Waals surface area contributed by atoms with E-state index in [1.54, 1.807) is 124 Å². The number of nitrogens with zero attached hydrogens (tertiary/aromatic N) is 3. The number of nitrogens with two attached hydrogens (primary N) is 1. The fourth-order valence-corrected chi connectivity index (χ4v) is 16.7. The quantitative estimate of drug-likeness (QED) is 0.0197. The lowest BCUT2D eigenvalue weighted by Crippen LogP contribution is -2.34. The van der Waals surface area contributed by atoms with Gasteiger partial charge in [0.1, 0.15) is 11.6 Å². The molecule has 0 saturated heterocycles. The summed E-state index contributed by atoms with van der Waals surface area (Å²) in [6.07, 6.45) is -1.56. The van der Waals surface area contributed by atoms with Crippen molar-refractivity contribution in [1.29, 1.82) is 0 Å². The number of halogens is 4. The molecule has 5 atom stereocenters. The molecule has 0 radical (unpaired) electrons. The largest absolute Gasteiger partial charge is 0.467 e. The van der Waals surface area contributed by atoms with Crippen LogP contribution in [0.2, 0.25) is 5.02 Å². The van der Waals surface area contributed by atoms with Crippen LogP contribution < -0.4 is 19.1 Å². The van der Waals surface area contributed by atoms with Crippen LogP contribution in [0.4, 0.5) is 37.2 Å². The molecule has 702 valence electrons. The second kappa shape index (κ2) is 43.9. The number of carbonyl (C=O) groups excluding carboxylic acids is 5. The molecule has 0 aromatic heterocycles. The van der Waals surface area contributed by atoms with E-state index in [-0.39, 0.29) is 23.8 Å². The van der Waals surface area contributed by atoms with E-state index in [1.807, 2.05) is 116 Å². The zero-order chi connectivity index (χ0) is 97.8. The number of nitrogens with one attached hydrogen (secondary N) is 1. The van der Waals surface area contributed by atoms with Gasteiger partial charge in [-0.2, -0.15) is 0 Å². The second-order valence-electron chi connectivity index (χ2n) is 35.6. The van der Waals surface area contributed by atoms with Crippen molar-refractivity contribution in [2.45, 2.75) is 245 Å². The summed E-state index contributed by atoms with van der Waals surface area (Å²) in [5.41, 5.74) is 16.0. The molecule has 0 amide bonds. The molecule has 0 bridgehead atoms. The van der Waals surface area contributed by atoms with Crippen molar-refractivity contribution in [1.82, 2.24) is 0 Å². The van der Waals surface area contributed by atoms with Crippen LogP contribution in [-0.4, -0.2) is 142 Å². The Morgan fingerprint density at radius 3 is 1.24 bits per heavy atom. The third-order valence-electron chi connectivity index (χ3n) is 18.9. The van der Waals surface area contributed by atoms with E-state index in [4.69, 9.17) is 64.7 Å². The Morgan fingerprint density at radius 1 is 0.504 bits per heavy atom. The fourth-order valence-electron chi connectivity index (χ4n) is 13.5. The molecule has 0 fully saturated rings. The highest BCUT2D eigenvalue weighted by atomic mass is 79.9. The highest BCUT2D eigenvalue weighted by Gasteiger charge is 2.40. The molecule has 0 unspecified atom stereocenters. The number of rotatable bonds is 23. The summed E-state index contributed by atoms with van der Waals surface area (Å²) in [5.74, 6) is -3.78. The molecule has 0 aliphatic carbocycles. The fraction of sp³-hybridized carbons (Fsp3) is 0.489. The number of benzene rings is 7. The van der Waals surface area contributed by atoms with Crippen LogP contribution in [0.5, 0.6) is 0 Å². The number of carbonyl (C=O) groups is 5. The summed E-state index contributed by atoms with van der Waals surface area (Å²) in [7, 11) is -4.45. The van der Waals surface area contributed by atoms with Crippen LogP contribution in [0, 0.1) is 91.0 Å². The first-order valence-corrected chi connectivity index (χ1v) is 46.7. The first-order chi connectivity index (χ1) is 57.9. The Morgan fingerprint density at radius 2 is 0.858 bits per heavy atom. The van der Waals surface area contributed by atoms with E-state index < -0.39 is 135 Å². The number of sulfonamides is 3. The van der Waals surface area contributed by atoms with Gasteiger partial charge in [0, 0.05) is 27.9 Å². The maximum atomic E-state index is 14.9. The van der Waals surface area contributed by atoms with Gasteiger partial charge in [0.15, 0.2) is 30.5 Å². The van der Waals surface area contributed by atoms with Crippen LogP contribution in [0.25, 0.3) is 11.1 Å². The number of fused-ring (bicyclic) bond motifs is 3. The molecule has 35 heteroatoms. The summed E-state index contributed by atoms with van der Waals surface area (Å²) < 4.78 is 162. The first kappa shape index (κ1) is 110. The Hall–Kier alpha value is -9.23. The van der Waals surface area contributed by atoms with Crippen molar-refractivity contribution in [2.24, 2.45) is 0 Å². The molecular weight excluding hydrogens is 1790 g/mol. The molecule has 0 spiro atoms. The standard InChI is InChI=1S/C23H29ClFNO5S.C23H28FNO5S.C16H25NO5S.C15H20BrNO5.C15H23NO3/c1-14-11-17(21(22(27)30-6)31-23(3,4)5)15(2)19(12-14)26(32(7,28)29)13-16-9-8-10-18(25)20(16)24;1-13-11-16(21(22(26)29-6)30-23(3,4)5)14(2)20-18(13)19-15(9-8-10-17(19)24)12-25(20)31(7,27)28;1-10-8-12(11(2)13(9-10)17-23(7,19)20)14(15(18)21-6)22-16(3,4)5;1-8-7-10(9(2)12(11(8)16)17(19)20)13(14(18)21-6)22-15(3,4)5;1-9-7-11(10(2)12(16)8-9)13(14(17)18-6)19-15(3,4)5/h8-12,21H,13H2,1-7H3;8-11,21H,12H2,1-7H3;8-9,14,17H,1-7H3;7,13H,1-6H3;7-8,13H,16H2,1-6H3/t2*21-;14-;2*13-/m00000/s1. The van der Waals surface area contributed by atoms with Gasteiger partial charge in [0.2, 0.25) is 30.1 Å². The van der Waals surface area contributed by atoms with Crippen LogP contribution in [0.15, 0.2) is 89.4 Å². The third-order valence-corrected chi connectivity index (χ3v) is 23.2. The number of nitrogen functional groups attached to an aromatic ring is 1. The number of nitro groups is 1. The topological polar surface area (TPSA) is 368 Å². The first-order valence-electron chi connectivity index (χ1n) is 40.0. The Labute approximate surface area is 761 Å². The third kappa shape index (κ3) is 31.0. The minimum absolute atomic E-state index is 0.00563. The summed E-state index contributed by atoms with van der Waals surface area (Å²) >= 11 is 9.31. The molecule has 0 saturated carbocycles. The highest BCUT2D eigenvalue weighted by molar-refractivity contribution is 9.10. The van der Waals surface area contributed by atoms with Crippen LogP contribution >= 0.6 is 27.5 Å². The average molecular weight is 1920 g/mol. The molecule has 3 N–H and O–H groups in total. The van der Waals surface area contributed by atoms with E-state index in [0.717, 1.165) is 45.3 Å². The summed E-state index contributed by atoms with van der Waals surface area (Å²) in [6.45, 7) is 45.0. The molecule has 1 aliphatic rings. The number of hydrogen-bond donors (Lipinski definition) is 2. The summed E-state index contributed by atoms with van der Waals surface area (Å²) in [4.78, 5) is 72.3. The molecule has 127 heavy (non-hydrogen) atoms. The van der Waals surface area contributed by atoms with Gasteiger partial charge in [0.05, 0.1) is 127 Å². The van der Waals surface area contributed by atoms with Crippen molar-refractivity contribution in [2.75, 3.05) is 73.4 Å². The maximum Gasteiger partial charge on any atom is 0.339 e. The molecule has 7 aromatic rings. The van der Waals surface area contributed by atoms with Crippen molar-refractivity contribution in [3.05, 3.63) is 211 Å². The van der Waals surface area contributed by atoms with E-state index in [9.17, 15) is 68.1 Å².